The summed E-state index contributed by atoms with van der Waals surface area (Å²) in [5.41, 5.74) is 2.43. The summed E-state index contributed by atoms with van der Waals surface area (Å²) in [6.07, 6.45) is 0. The number of imidazole rings is 1. The van der Waals surface area contributed by atoms with E-state index >= 15 is 0 Å². The van der Waals surface area contributed by atoms with Crippen molar-refractivity contribution >= 4 is 11.0 Å². The third-order valence-corrected chi connectivity index (χ3v) is 3.49. The lowest BCUT2D eigenvalue weighted by molar-refractivity contribution is 0.556. The van der Waals surface area contributed by atoms with E-state index in [1.165, 1.54) is 12.1 Å². The lowest BCUT2D eigenvalue weighted by Gasteiger charge is -2.06. The highest BCUT2D eigenvalue weighted by Crippen LogP contribution is 2.14. The molecule has 3 aromatic rings. The highest BCUT2D eigenvalue weighted by molar-refractivity contribution is 5.75. The third-order valence-electron chi connectivity index (χ3n) is 3.49. The summed E-state index contributed by atoms with van der Waals surface area (Å²) in [6.45, 7) is 0.845. The number of hydrogen-bond donors (Lipinski definition) is 1. The van der Waals surface area contributed by atoms with Crippen LogP contribution in [0.1, 0.15) is 11.4 Å². The van der Waals surface area contributed by atoms with Crippen LogP contribution in [0.4, 0.5) is 8.78 Å². The fraction of sp³-hybridized carbons (Fsp3) is 0.188. The fourth-order valence-corrected chi connectivity index (χ4v) is 2.33. The second-order valence-electron chi connectivity index (χ2n) is 4.92. The Morgan fingerprint density at radius 3 is 2.67 bits per heavy atom. The SMILES string of the molecule is Cn1c(CNCc2ccc(F)cc2F)nc2ccccc21. The van der Waals surface area contributed by atoms with Gasteiger partial charge in [0.15, 0.2) is 0 Å². The molecule has 1 N–H and O–H groups in total. The molecule has 0 saturated heterocycles. The standard InChI is InChI=1S/C16H15F2N3/c1-21-15-5-3-2-4-14(15)20-16(21)10-19-9-11-6-7-12(17)8-13(11)18/h2-8,19H,9-10H2,1H3. The van der Waals surface area contributed by atoms with Crippen LogP contribution in [0, 0.1) is 11.6 Å². The quantitative estimate of drug-likeness (QED) is 0.799. The third kappa shape index (κ3) is 2.78. The molecule has 0 spiro atoms. The summed E-state index contributed by atoms with van der Waals surface area (Å²) in [4.78, 5) is 4.53. The van der Waals surface area contributed by atoms with Crippen LogP contribution in [0.3, 0.4) is 0 Å². The molecule has 0 fully saturated rings. The van der Waals surface area contributed by atoms with Gasteiger partial charge in [-0.1, -0.05) is 18.2 Å². The fourth-order valence-electron chi connectivity index (χ4n) is 2.33. The van der Waals surface area contributed by atoms with Crippen molar-refractivity contribution in [2.75, 3.05) is 0 Å². The monoisotopic (exact) mass is 287 g/mol. The second kappa shape index (κ2) is 5.61. The molecular formula is C16H15F2N3. The zero-order valence-electron chi connectivity index (χ0n) is 11.6. The molecule has 0 radical (unpaired) electrons. The van der Waals surface area contributed by atoms with Crippen LogP contribution < -0.4 is 5.32 Å². The molecule has 0 atom stereocenters. The predicted octanol–water partition coefficient (Wildman–Crippen LogP) is 3.14. The molecule has 0 bridgehead atoms. The van der Waals surface area contributed by atoms with Gasteiger partial charge >= 0.3 is 0 Å². The van der Waals surface area contributed by atoms with Crippen molar-refractivity contribution in [1.82, 2.24) is 14.9 Å². The van der Waals surface area contributed by atoms with Gasteiger partial charge in [-0.05, 0) is 18.2 Å². The molecule has 0 aliphatic heterocycles. The maximum Gasteiger partial charge on any atom is 0.130 e. The Balaban J connectivity index is 1.70. The molecule has 21 heavy (non-hydrogen) atoms. The van der Waals surface area contributed by atoms with Crippen LogP contribution in [0.25, 0.3) is 11.0 Å². The number of para-hydroxylation sites is 2. The lowest BCUT2D eigenvalue weighted by Crippen LogP contribution is -2.16. The first-order chi connectivity index (χ1) is 10.1. The van der Waals surface area contributed by atoms with Crippen LogP contribution in [0.2, 0.25) is 0 Å². The van der Waals surface area contributed by atoms with E-state index in [-0.39, 0.29) is 0 Å². The van der Waals surface area contributed by atoms with Gasteiger partial charge in [0.1, 0.15) is 17.5 Å². The van der Waals surface area contributed by atoms with Crippen molar-refractivity contribution in [1.29, 1.82) is 0 Å². The van der Waals surface area contributed by atoms with Crippen molar-refractivity contribution in [2.24, 2.45) is 7.05 Å². The summed E-state index contributed by atoms with van der Waals surface area (Å²) in [7, 11) is 1.95. The minimum absolute atomic E-state index is 0.329. The number of benzene rings is 2. The van der Waals surface area contributed by atoms with Gasteiger partial charge in [-0.15, -0.1) is 0 Å². The number of aryl methyl sites for hydroxylation is 1. The van der Waals surface area contributed by atoms with E-state index in [1.54, 1.807) is 0 Å². The number of fused-ring (bicyclic) bond motifs is 1. The van der Waals surface area contributed by atoms with Crippen molar-refractivity contribution in [2.45, 2.75) is 13.1 Å². The summed E-state index contributed by atoms with van der Waals surface area (Å²) in [6, 6.07) is 11.5. The number of hydrogen-bond acceptors (Lipinski definition) is 2. The molecule has 1 aromatic heterocycles. The number of rotatable bonds is 4. The van der Waals surface area contributed by atoms with Gasteiger partial charge in [-0.3, -0.25) is 0 Å². The zero-order valence-corrected chi connectivity index (χ0v) is 11.6. The van der Waals surface area contributed by atoms with Crippen LogP contribution in [-0.2, 0) is 20.1 Å². The van der Waals surface area contributed by atoms with E-state index in [0.29, 0.717) is 18.7 Å². The first-order valence-electron chi connectivity index (χ1n) is 6.70. The van der Waals surface area contributed by atoms with Gasteiger partial charge in [0.2, 0.25) is 0 Å². The minimum Gasteiger partial charge on any atom is -0.330 e. The van der Waals surface area contributed by atoms with Crippen molar-refractivity contribution in [3.8, 4) is 0 Å². The summed E-state index contributed by atoms with van der Waals surface area (Å²) in [5, 5.41) is 3.13. The Kier molecular flexibility index (Phi) is 3.66. The Morgan fingerprint density at radius 1 is 1.10 bits per heavy atom. The lowest BCUT2D eigenvalue weighted by atomic mass is 10.2. The normalized spacial score (nSPS) is 11.2. The summed E-state index contributed by atoms with van der Waals surface area (Å²) >= 11 is 0. The molecule has 0 aliphatic rings. The van der Waals surface area contributed by atoms with Gasteiger partial charge in [-0.2, -0.15) is 0 Å². The molecule has 5 heteroatoms. The van der Waals surface area contributed by atoms with Crippen molar-refractivity contribution < 1.29 is 8.78 Å². The second-order valence-corrected chi connectivity index (χ2v) is 4.92. The van der Waals surface area contributed by atoms with E-state index in [1.807, 2.05) is 35.9 Å². The van der Waals surface area contributed by atoms with E-state index in [0.717, 1.165) is 22.9 Å². The van der Waals surface area contributed by atoms with Crippen LogP contribution in [0.5, 0.6) is 0 Å². The number of aromatic nitrogens is 2. The van der Waals surface area contributed by atoms with Gasteiger partial charge in [0.05, 0.1) is 17.6 Å². The van der Waals surface area contributed by atoms with Crippen LogP contribution in [0.15, 0.2) is 42.5 Å². The number of nitrogens with one attached hydrogen (secondary N) is 1. The average molecular weight is 287 g/mol. The molecule has 0 aliphatic carbocycles. The Hall–Kier alpha value is -2.27. The van der Waals surface area contributed by atoms with Gasteiger partial charge in [0, 0.05) is 25.2 Å². The highest BCUT2D eigenvalue weighted by atomic mass is 19.1. The minimum atomic E-state index is -0.563. The molecule has 3 rings (SSSR count). The first-order valence-corrected chi connectivity index (χ1v) is 6.70. The van der Waals surface area contributed by atoms with Crippen molar-refractivity contribution in [3.05, 3.63) is 65.5 Å². The van der Waals surface area contributed by atoms with E-state index in [9.17, 15) is 8.78 Å². The van der Waals surface area contributed by atoms with E-state index < -0.39 is 11.6 Å². The molecule has 108 valence electrons. The molecular weight excluding hydrogens is 272 g/mol. The Morgan fingerprint density at radius 2 is 1.90 bits per heavy atom. The maximum atomic E-state index is 13.5. The maximum absolute atomic E-state index is 13.5. The molecule has 3 nitrogen and oxygen atoms in total. The topological polar surface area (TPSA) is 29.9 Å². The van der Waals surface area contributed by atoms with Gasteiger partial charge < -0.3 is 9.88 Å². The molecule has 0 amide bonds. The van der Waals surface area contributed by atoms with Crippen molar-refractivity contribution in [3.63, 3.8) is 0 Å². The first kappa shape index (κ1) is 13.7. The summed E-state index contributed by atoms with van der Waals surface area (Å²) < 4.78 is 28.4. The Labute approximate surface area is 121 Å². The molecule has 0 saturated carbocycles. The number of nitrogens with zero attached hydrogens (tertiary/aromatic N) is 2. The smallest absolute Gasteiger partial charge is 0.130 e. The van der Waals surface area contributed by atoms with Gasteiger partial charge in [-0.25, -0.2) is 13.8 Å². The molecule has 0 unspecified atom stereocenters. The molecule has 2 aromatic carbocycles. The highest BCUT2D eigenvalue weighted by Gasteiger charge is 2.07. The van der Waals surface area contributed by atoms with E-state index in [2.05, 4.69) is 10.3 Å². The van der Waals surface area contributed by atoms with Gasteiger partial charge in [0.25, 0.3) is 0 Å². The molecule has 1 heterocycles. The van der Waals surface area contributed by atoms with E-state index in [4.69, 9.17) is 0 Å². The average Bonchev–Trinajstić information content (AvgIpc) is 2.79. The number of halogens is 2. The summed E-state index contributed by atoms with van der Waals surface area (Å²) in [5.74, 6) is -0.224. The van der Waals surface area contributed by atoms with Crippen LogP contribution in [-0.4, -0.2) is 9.55 Å². The Bertz CT molecular complexity index is 780. The predicted molar refractivity (Wildman–Crippen MR) is 77.6 cm³/mol. The largest absolute Gasteiger partial charge is 0.330 e. The zero-order chi connectivity index (χ0) is 14.8. The van der Waals surface area contributed by atoms with Crippen LogP contribution >= 0.6 is 0 Å².